The van der Waals surface area contributed by atoms with Gasteiger partial charge in [-0.15, -0.1) is 6.58 Å². The maximum absolute atomic E-state index is 13.1. The first-order valence-electron chi connectivity index (χ1n) is 4.27. The second kappa shape index (κ2) is 4.61. The maximum atomic E-state index is 13.1. The van der Waals surface area contributed by atoms with E-state index in [1.54, 1.807) is 18.2 Å². The van der Waals surface area contributed by atoms with Crippen LogP contribution in [0, 0.1) is 12.7 Å². The van der Waals surface area contributed by atoms with E-state index in [0.717, 1.165) is 12.0 Å². The van der Waals surface area contributed by atoms with Gasteiger partial charge in [0.25, 0.3) is 0 Å². The average molecular weight is 176 g/mol. The van der Waals surface area contributed by atoms with Gasteiger partial charge in [0, 0.05) is 5.56 Å². The van der Waals surface area contributed by atoms with Crippen molar-refractivity contribution >= 4 is 6.08 Å². The van der Waals surface area contributed by atoms with Crippen molar-refractivity contribution in [2.45, 2.75) is 13.3 Å². The van der Waals surface area contributed by atoms with Crippen molar-refractivity contribution in [1.29, 1.82) is 0 Å². The van der Waals surface area contributed by atoms with E-state index in [2.05, 4.69) is 6.58 Å². The van der Waals surface area contributed by atoms with Gasteiger partial charge >= 0.3 is 0 Å². The molecule has 0 radical (unpaired) electrons. The lowest BCUT2D eigenvalue weighted by atomic mass is 10.1. The number of hydrogen-bond donors (Lipinski definition) is 0. The summed E-state index contributed by atoms with van der Waals surface area (Å²) in [6.07, 6.45) is 6.23. The zero-order chi connectivity index (χ0) is 9.68. The Hall–Kier alpha value is -1.37. The van der Waals surface area contributed by atoms with E-state index in [9.17, 15) is 4.39 Å². The molecule has 0 spiro atoms. The topological polar surface area (TPSA) is 0 Å². The van der Waals surface area contributed by atoms with Gasteiger partial charge in [-0.25, -0.2) is 4.39 Å². The molecular formula is C12H13F. The van der Waals surface area contributed by atoms with Gasteiger partial charge in [0.2, 0.25) is 0 Å². The molecule has 0 aliphatic carbocycles. The van der Waals surface area contributed by atoms with Crippen LogP contribution in [0.4, 0.5) is 4.39 Å². The van der Waals surface area contributed by atoms with Crippen LogP contribution in [0.2, 0.25) is 0 Å². The normalized spacial score (nSPS) is 10.6. The molecule has 13 heavy (non-hydrogen) atoms. The van der Waals surface area contributed by atoms with E-state index in [-0.39, 0.29) is 5.82 Å². The Morgan fingerprint density at radius 3 is 2.92 bits per heavy atom. The minimum atomic E-state index is -0.175. The van der Waals surface area contributed by atoms with Crippen molar-refractivity contribution in [1.82, 2.24) is 0 Å². The Balaban J connectivity index is 2.86. The summed E-state index contributed by atoms with van der Waals surface area (Å²) in [7, 11) is 0. The van der Waals surface area contributed by atoms with Crippen LogP contribution >= 0.6 is 0 Å². The minimum Gasteiger partial charge on any atom is -0.206 e. The van der Waals surface area contributed by atoms with Gasteiger partial charge in [-0.3, -0.25) is 0 Å². The van der Waals surface area contributed by atoms with E-state index in [1.165, 1.54) is 6.07 Å². The molecule has 0 aliphatic rings. The molecule has 0 saturated carbocycles. The smallest absolute Gasteiger partial charge is 0.130 e. The molecule has 1 rings (SSSR count). The summed E-state index contributed by atoms with van der Waals surface area (Å²) in [5, 5.41) is 0. The Bertz CT molecular complexity index is 324. The maximum Gasteiger partial charge on any atom is 0.130 e. The highest BCUT2D eigenvalue weighted by atomic mass is 19.1. The van der Waals surface area contributed by atoms with Crippen LogP contribution in [0.5, 0.6) is 0 Å². The summed E-state index contributed by atoms with van der Waals surface area (Å²) < 4.78 is 13.1. The first kappa shape index (κ1) is 9.72. The average Bonchev–Trinajstić information content (AvgIpc) is 2.11. The quantitative estimate of drug-likeness (QED) is 0.616. The van der Waals surface area contributed by atoms with Gasteiger partial charge in [0.1, 0.15) is 5.82 Å². The molecule has 1 heteroatoms. The summed E-state index contributed by atoms with van der Waals surface area (Å²) in [5.41, 5.74) is 1.71. The highest BCUT2D eigenvalue weighted by Crippen LogP contribution is 2.11. The highest BCUT2D eigenvalue weighted by Gasteiger charge is 1.96. The molecule has 0 heterocycles. The molecule has 0 amide bonds. The third-order valence-electron chi connectivity index (χ3n) is 1.75. The molecule has 0 saturated heterocycles. The molecule has 0 N–H and O–H groups in total. The van der Waals surface area contributed by atoms with Crippen molar-refractivity contribution in [2.75, 3.05) is 0 Å². The van der Waals surface area contributed by atoms with Gasteiger partial charge in [-0.1, -0.05) is 29.9 Å². The van der Waals surface area contributed by atoms with E-state index in [1.807, 2.05) is 19.1 Å². The zero-order valence-corrected chi connectivity index (χ0v) is 7.76. The molecule has 1 aromatic rings. The second-order valence-electron chi connectivity index (χ2n) is 2.95. The molecule has 0 atom stereocenters. The predicted octanol–water partition coefficient (Wildman–Crippen LogP) is 3.72. The Morgan fingerprint density at radius 1 is 1.46 bits per heavy atom. The van der Waals surface area contributed by atoms with Crippen LogP contribution in [0.15, 0.2) is 36.9 Å². The lowest BCUT2D eigenvalue weighted by molar-refractivity contribution is 0.624. The molecule has 0 nitrogen and oxygen atoms in total. The largest absolute Gasteiger partial charge is 0.206 e. The lowest BCUT2D eigenvalue weighted by Gasteiger charge is -1.97. The van der Waals surface area contributed by atoms with E-state index < -0.39 is 0 Å². The van der Waals surface area contributed by atoms with Gasteiger partial charge in [-0.2, -0.15) is 0 Å². The van der Waals surface area contributed by atoms with Crippen LogP contribution in [0.3, 0.4) is 0 Å². The zero-order valence-electron chi connectivity index (χ0n) is 7.76. The summed E-state index contributed by atoms with van der Waals surface area (Å²) >= 11 is 0. The van der Waals surface area contributed by atoms with Crippen LogP contribution in [-0.2, 0) is 0 Å². The standard InChI is InChI=1S/C12H13F/c1-3-4-5-6-11-9-10(2)7-8-12(11)13/h3,5-9H,1,4H2,2H3/b6-5-. The summed E-state index contributed by atoms with van der Waals surface area (Å²) in [6, 6.07) is 5.08. The SMILES string of the molecule is C=CC/C=C\c1cc(C)ccc1F. The van der Waals surface area contributed by atoms with E-state index in [4.69, 9.17) is 0 Å². The Kier molecular flexibility index (Phi) is 3.44. The van der Waals surface area contributed by atoms with Crippen LogP contribution in [0.25, 0.3) is 6.08 Å². The van der Waals surface area contributed by atoms with Crippen molar-refractivity contribution < 1.29 is 4.39 Å². The highest BCUT2D eigenvalue weighted by molar-refractivity contribution is 5.51. The molecule has 0 aliphatic heterocycles. The number of rotatable bonds is 3. The van der Waals surface area contributed by atoms with Crippen LogP contribution < -0.4 is 0 Å². The van der Waals surface area contributed by atoms with E-state index in [0.29, 0.717) is 5.56 Å². The second-order valence-corrected chi connectivity index (χ2v) is 2.95. The van der Waals surface area contributed by atoms with Crippen molar-refractivity contribution in [2.24, 2.45) is 0 Å². The van der Waals surface area contributed by atoms with Gasteiger partial charge in [-0.05, 0) is 25.5 Å². The first-order valence-corrected chi connectivity index (χ1v) is 4.27. The fraction of sp³-hybridized carbons (Fsp3) is 0.167. The van der Waals surface area contributed by atoms with Crippen molar-refractivity contribution in [3.63, 3.8) is 0 Å². The molecule has 1 aromatic carbocycles. The molecule has 0 aromatic heterocycles. The predicted molar refractivity (Wildman–Crippen MR) is 55.0 cm³/mol. The number of benzene rings is 1. The summed E-state index contributed by atoms with van der Waals surface area (Å²) in [4.78, 5) is 0. The lowest BCUT2D eigenvalue weighted by Crippen LogP contribution is -1.82. The molecule has 68 valence electrons. The first-order chi connectivity index (χ1) is 6.24. The Labute approximate surface area is 78.4 Å². The third-order valence-corrected chi connectivity index (χ3v) is 1.75. The van der Waals surface area contributed by atoms with Crippen molar-refractivity contribution in [3.05, 3.63) is 53.9 Å². The molecule has 0 bridgehead atoms. The minimum absolute atomic E-state index is 0.175. The fourth-order valence-corrected chi connectivity index (χ4v) is 1.08. The fourth-order valence-electron chi connectivity index (χ4n) is 1.08. The van der Waals surface area contributed by atoms with Gasteiger partial charge in [0.05, 0.1) is 0 Å². The third kappa shape index (κ3) is 2.86. The monoisotopic (exact) mass is 176 g/mol. The van der Waals surface area contributed by atoms with Crippen molar-refractivity contribution in [3.8, 4) is 0 Å². The number of hydrogen-bond acceptors (Lipinski definition) is 0. The van der Waals surface area contributed by atoms with Gasteiger partial charge in [0.15, 0.2) is 0 Å². The molecule has 0 fully saturated rings. The van der Waals surface area contributed by atoms with E-state index >= 15 is 0 Å². The Morgan fingerprint density at radius 2 is 2.23 bits per heavy atom. The van der Waals surface area contributed by atoms with Crippen LogP contribution in [-0.4, -0.2) is 0 Å². The van der Waals surface area contributed by atoms with Gasteiger partial charge < -0.3 is 0 Å². The summed E-state index contributed by atoms with van der Waals surface area (Å²) in [6.45, 7) is 5.54. The molecule has 0 unspecified atom stereocenters. The van der Waals surface area contributed by atoms with Crippen LogP contribution in [0.1, 0.15) is 17.5 Å². The number of aryl methyl sites for hydroxylation is 1. The summed E-state index contributed by atoms with van der Waals surface area (Å²) in [5.74, 6) is -0.175. The molecular weight excluding hydrogens is 163 g/mol. The number of halogens is 1. The number of allylic oxidation sites excluding steroid dienone is 2.